The largest absolute Gasteiger partial charge is 0.496 e. The molecule has 1 unspecified atom stereocenters. The van der Waals surface area contributed by atoms with Crippen LogP contribution in [0.3, 0.4) is 0 Å². The Balaban J connectivity index is 1.62. The van der Waals surface area contributed by atoms with Crippen molar-refractivity contribution in [3.8, 4) is 11.6 Å². The van der Waals surface area contributed by atoms with E-state index in [1.165, 1.54) is 0 Å². The van der Waals surface area contributed by atoms with Crippen LogP contribution in [0.25, 0.3) is 0 Å². The fourth-order valence-corrected chi connectivity index (χ4v) is 3.61. The second kappa shape index (κ2) is 8.06. The van der Waals surface area contributed by atoms with Gasteiger partial charge < -0.3 is 14.8 Å². The number of rotatable bonds is 6. The average molecular weight is 344 g/mol. The van der Waals surface area contributed by atoms with Gasteiger partial charge in [0.25, 0.3) is 5.91 Å². The molecule has 1 N–H and O–H groups in total. The maximum absolute atomic E-state index is 12.4. The lowest BCUT2D eigenvalue weighted by atomic mass is 10.2. The minimum absolute atomic E-state index is 0.158. The molecule has 1 saturated heterocycles. The number of carbonyl (C=O) groups is 1. The maximum Gasteiger partial charge on any atom is 0.251 e. The molecule has 1 fully saturated rings. The molecule has 1 aliphatic rings. The van der Waals surface area contributed by atoms with E-state index in [0.717, 1.165) is 29.2 Å². The molecule has 6 heteroatoms. The molecule has 0 saturated carbocycles. The van der Waals surface area contributed by atoms with E-state index < -0.39 is 0 Å². The zero-order chi connectivity index (χ0) is 16.8. The number of thioether (sulfide) groups is 1. The van der Waals surface area contributed by atoms with Gasteiger partial charge in [-0.2, -0.15) is 11.8 Å². The number of aromatic nitrogens is 1. The molecule has 1 atom stereocenters. The van der Waals surface area contributed by atoms with E-state index in [4.69, 9.17) is 9.47 Å². The van der Waals surface area contributed by atoms with Crippen LogP contribution in [0.1, 0.15) is 22.3 Å². The quantitative estimate of drug-likeness (QED) is 0.873. The monoisotopic (exact) mass is 344 g/mol. The Morgan fingerprint density at radius 2 is 2.25 bits per heavy atom. The SMILES string of the molecule is COc1ccccc1CNC(=O)c1ccnc(OC2CCSC2)c1. The molecule has 2 heterocycles. The molecular weight excluding hydrogens is 324 g/mol. The molecule has 126 valence electrons. The van der Waals surface area contributed by atoms with Gasteiger partial charge in [-0.05, 0) is 24.3 Å². The first-order valence-electron chi connectivity index (χ1n) is 7.87. The smallest absolute Gasteiger partial charge is 0.251 e. The van der Waals surface area contributed by atoms with Crippen LogP contribution >= 0.6 is 11.8 Å². The first kappa shape index (κ1) is 16.6. The number of carbonyl (C=O) groups excluding carboxylic acids is 1. The second-order valence-electron chi connectivity index (χ2n) is 5.48. The van der Waals surface area contributed by atoms with Crippen molar-refractivity contribution < 1.29 is 14.3 Å². The highest BCUT2D eigenvalue weighted by atomic mass is 32.2. The normalized spacial score (nSPS) is 16.6. The van der Waals surface area contributed by atoms with Crippen LogP contribution in [0.2, 0.25) is 0 Å². The van der Waals surface area contributed by atoms with Crippen molar-refractivity contribution in [1.29, 1.82) is 0 Å². The summed E-state index contributed by atoms with van der Waals surface area (Å²) < 4.78 is 11.1. The van der Waals surface area contributed by atoms with Gasteiger partial charge in [-0.25, -0.2) is 4.98 Å². The second-order valence-corrected chi connectivity index (χ2v) is 6.63. The Bertz CT molecular complexity index is 702. The van der Waals surface area contributed by atoms with Gasteiger partial charge in [0, 0.05) is 35.7 Å². The van der Waals surface area contributed by atoms with Crippen molar-refractivity contribution in [2.75, 3.05) is 18.6 Å². The molecule has 1 aromatic carbocycles. The third kappa shape index (κ3) is 4.20. The number of amides is 1. The van der Waals surface area contributed by atoms with E-state index in [9.17, 15) is 4.79 Å². The third-order valence-corrected chi connectivity index (χ3v) is 4.94. The number of methoxy groups -OCH3 is 1. The Morgan fingerprint density at radius 3 is 3.04 bits per heavy atom. The van der Waals surface area contributed by atoms with Crippen LogP contribution in [0.4, 0.5) is 0 Å². The van der Waals surface area contributed by atoms with E-state index in [2.05, 4.69) is 10.3 Å². The summed E-state index contributed by atoms with van der Waals surface area (Å²) >= 11 is 1.88. The summed E-state index contributed by atoms with van der Waals surface area (Å²) in [5, 5.41) is 2.90. The zero-order valence-corrected chi connectivity index (χ0v) is 14.3. The van der Waals surface area contributed by atoms with Crippen molar-refractivity contribution in [2.24, 2.45) is 0 Å². The topological polar surface area (TPSA) is 60.5 Å². The molecule has 2 aromatic rings. The number of para-hydroxylation sites is 1. The van der Waals surface area contributed by atoms with Gasteiger partial charge in [0.2, 0.25) is 5.88 Å². The number of hydrogen-bond acceptors (Lipinski definition) is 5. The van der Waals surface area contributed by atoms with E-state index in [1.54, 1.807) is 25.4 Å². The molecule has 1 aromatic heterocycles. The van der Waals surface area contributed by atoms with Crippen molar-refractivity contribution >= 4 is 17.7 Å². The molecule has 5 nitrogen and oxygen atoms in total. The lowest BCUT2D eigenvalue weighted by Gasteiger charge is -2.12. The average Bonchev–Trinajstić information content (AvgIpc) is 3.13. The first-order valence-corrected chi connectivity index (χ1v) is 9.02. The summed E-state index contributed by atoms with van der Waals surface area (Å²) in [6, 6.07) is 11.0. The summed E-state index contributed by atoms with van der Waals surface area (Å²) in [6.45, 7) is 0.403. The first-order chi connectivity index (χ1) is 11.8. The molecule has 0 spiro atoms. The minimum Gasteiger partial charge on any atom is -0.496 e. The van der Waals surface area contributed by atoms with Crippen LogP contribution in [-0.4, -0.2) is 35.6 Å². The van der Waals surface area contributed by atoms with E-state index in [-0.39, 0.29) is 12.0 Å². The van der Waals surface area contributed by atoms with Gasteiger partial charge >= 0.3 is 0 Å². The molecule has 24 heavy (non-hydrogen) atoms. The molecular formula is C18H20N2O3S. The zero-order valence-electron chi connectivity index (χ0n) is 13.5. The van der Waals surface area contributed by atoms with Gasteiger partial charge in [-0.15, -0.1) is 0 Å². The van der Waals surface area contributed by atoms with Gasteiger partial charge in [-0.1, -0.05) is 18.2 Å². The lowest BCUT2D eigenvalue weighted by molar-refractivity contribution is 0.0949. The van der Waals surface area contributed by atoms with Crippen LogP contribution in [-0.2, 0) is 6.54 Å². The third-order valence-electron chi connectivity index (χ3n) is 3.80. The van der Waals surface area contributed by atoms with Crippen molar-refractivity contribution in [2.45, 2.75) is 19.1 Å². The number of nitrogens with one attached hydrogen (secondary N) is 1. The molecule has 0 radical (unpaired) electrons. The van der Waals surface area contributed by atoms with E-state index in [1.807, 2.05) is 36.0 Å². The summed E-state index contributed by atoms with van der Waals surface area (Å²) in [4.78, 5) is 16.6. The molecule has 1 aliphatic heterocycles. The Morgan fingerprint density at radius 1 is 1.38 bits per heavy atom. The predicted octanol–water partition coefficient (Wildman–Crippen LogP) is 2.90. The maximum atomic E-state index is 12.4. The Kier molecular flexibility index (Phi) is 5.59. The van der Waals surface area contributed by atoms with Gasteiger partial charge in [-0.3, -0.25) is 4.79 Å². The standard InChI is InChI=1S/C18H20N2O3S/c1-22-16-5-3-2-4-14(16)11-20-18(21)13-6-8-19-17(10-13)23-15-7-9-24-12-15/h2-6,8,10,15H,7,9,11-12H2,1H3,(H,20,21). The van der Waals surface area contributed by atoms with E-state index in [0.29, 0.717) is 18.0 Å². The number of pyridine rings is 1. The highest BCUT2D eigenvalue weighted by Gasteiger charge is 2.18. The predicted molar refractivity (Wildman–Crippen MR) is 94.8 cm³/mol. The number of benzene rings is 1. The van der Waals surface area contributed by atoms with Gasteiger partial charge in [0.05, 0.1) is 7.11 Å². The van der Waals surface area contributed by atoms with E-state index >= 15 is 0 Å². The van der Waals surface area contributed by atoms with Crippen molar-refractivity contribution in [3.63, 3.8) is 0 Å². The Hall–Kier alpha value is -2.21. The van der Waals surface area contributed by atoms with Gasteiger partial charge in [0.1, 0.15) is 11.9 Å². The van der Waals surface area contributed by atoms with Crippen molar-refractivity contribution in [3.05, 3.63) is 53.7 Å². The summed E-state index contributed by atoms with van der Waals surface area (Å²) in [5.74, 6) is 3.20. The fraction of sp³-hybridized carbons (Fsp3) is 0.333. The number of ether oxygens (including phenoxy) is 2. The van der Waals surface area contributed by atoms with Crippen LogP contribution in [0, 0.1) is 0 Å². The molecule has 3 rings (SSSR count). The number of hydrogen-bond donors (Lipinski definition) is 1. The highest BCUT2D eigenvalue weighted by Crippen LogP contribution is 2.22. The van der Waals surface area contributed by atoms with Crippen molar-refractivity contribution in [1.82, 2.24) is 10.3 Å². The molecule has 0 aliphatic carbocycles. The fourth-order valence-electron chi connectivity index (χ4n) is 2.52. The summed E-state index contributed by atoms with van der Waals surface area (Å²) in [7, 11) is 1.62. The number of nitrogens with zero attached hydrogens (tertiary/aromatic N) is 1. The minimum atomic E-state index is -0.158. The molecule has 0 bridgehead atoms. The Labute approximate surface area is 145 Å². The van der Waals surface area contributed by atoms with Crippen LogP contribution < -0.4 is 14.8 Å². The summed E-state index contributed by atoms with van der Waals surface area (Å²) in [5.41, 5.74) is 1.47. The molecule has 1 amide bonds. The van der Waals surface area contributed by atoms with Gasteiger partial charge in [0.15, 0.2) is 0 Å². The van der Waals surface area contributed by atoms with Crippen LogP contribution in [0.5, 0.6) is 11.6 Å². The lowest BCUT2D eigenvalue weighted by Crippen LogP contribution is -2.23. The highest BCUT2D eigenvalue weighted by molar-refractivity contribution is 7.99. The summed E-state index contributed by atoms with van der Waals surface area (Å²) in [6.07, 6.45) is 2.82. The van der Waals surface area contributed by atoms with Crippen LogP contribution in [0.15, 0.2) is 42.6 Å².